The molecule has 0 aliphatic carbocycles. The first kappa shape index (κ1) is 13.8. The van der Waals surface area contributed by atoms with Gasteiger partial charge in [-0.3, -0.25) is 4.79 Å². The first-order valence-electron chi connectivity index (χ1n) is 6.60. The Morgan fingerprint density at radius 1 is 1.28 bits per heavy atom. The van der Waals surface area contributed by atoms with Crippen LogP contribution >= 0.6 is 22.6 Å². The summed E-state index contributed by atoms with van der Waals surface area (Å²) in [6, 6.07) is 6.70. The monoisotopic (exact) mass is 357 g/mol. The molecule has 1 aromatic carbocycles. The molecule has 0 saturated carbocycles. The molecule has 0 unspecified atom stereocenters. The van der Waals surface area contributed by atoms with E-state index in [-0.39, 0.29) is 5.91 Å². The summed E-state index contributed by atoms with van der Waals surface area (Å²) < 4.78 is 1.09. The lowest BCUT2D eigenvalue weighted by atomic mass is 9.96. The van der Waals surface area contributed by atoms with Crippen LogP contribution in [-0.2, 0) is 0 Å². The van der Waals surface area contributed by atoms with Gasteiger partial charge in [0.05, 0.1) is 5.56 Å². The highest BCUT2D eigenvalue weighted by molar-refractivity contribution is 14.1. The minimum atomic E-state index is 0.197. The number of piperidine rings is 1. The molecule has 1 aromatic rings. The summed E-state index contributed by atoms with van der Waals surface area (Å²) >= 11 is 2.28. The molecule has 18 heavy (non-hydrogen) atoms. The number of likely N-dealkylation sites (tertiary alicyclic amines) is 1. The lowest BCUT2D eigenvalue weighted by Gasteiger charge is -2.39. The van der Waals surface area contributed by atoms with Gasteiger partial charge in [0.1, 0.15) is 0 Å². The average Bonchev–Trinajstić information content (AvgIpc) is 2.32. The smallest absolute Gasteiger partial charge is 0.255 e. The zero-order valence-electron chi connectivity index (χ0n) is 11.2. The Morgan fingerprint density at radius 3 is 2.50 bits per heavy atom. The lowest BCUT2D eigenvalue weighted by Crippen LogP contribution is -2.47. The molecule has 0 radical (unpaired) electrons. The number of benzene rings is 1. The molecule has 0 aromatic heterocycles. The van der Waals surface area contributed by atoms with E-state index in [1.165, 1.54) is 12.0 Å². The third-order valence-corrected chi connectivity index (χ3v) is 5.28. The van der Waals surface area contributed by atoms with Crippen molar-refractivity contribution in [1.82, 2.24) is 4.90 Å². The maximum absolute atomic E-state index is 12.7. The van der Waals surface area contributed by atoms with Crippen LogP contribution in [0, 0.1) is 10.5 Å². The highest BCUT2D eigenvalue weighted by atomic mass is 127. The van der Waals surface area contributed by atoms with Crippen LogP contribution in [0.4, 0.5) is 0 Å². The SMILES string of the molecule is Cc1cccc(C(=O)N2[C@H](C)CCC[C@@H]2C)c1I. The minimum absolute atomic E-state index is 0.197. The summed E-state index contributed by atoms with van der Waals surface area (Å²) in [6.07, 6.45) is 3.48. The third-order valence-electron chi connectivity index (χ3n) is 3.85. The van der Waals surface area contributed by atoms with Crippen LogP contribution in [0.3, 0.4) is 0 Å². The Balaban J connectivity index is 2.32. The van der Waals surface area contributed by atoms with E-state index in [0.717, 1.165) is 22.0 Å². The number of carbonyl (C=O) groups is 1. The molecule has 0 bridgehead atoms. The van der Waals surface area contributed by atoms with E-state index < -0.39 is 0 Å². The van der Waals surface area contributed by atoms with E-state index in [2.05, 4.69) is 54.3 Å². The van der Waals surface area contributed by atoms with Gasteiger partial charge in [-0.1, -0.05) is 12.1 Å². The highest BCUT2D eigenvalue weighted by Crippen LogP contribution is 2.26. The fourth-order valence-corrected chi connectivity index (χ4v) is 3.36. The van der Waals surface area contributed by atoms with E-state index in [1.54, 1.807) is 0 Å². The molecule has 3 heteroatoms. The second-order valence-electron chi connectivity index (χ2n) is 5.28. The van der Waals surface area contributed by atoms with Crippen molar-refractivity contribution >= 4 is 28.5 Å². The second kappa shape index (κ2) is 5.59. The van der Waals surface area contributed by atoms with Crippen LogP contribution in [0.25, 0.3) is 0 Å². The predicted octanol–water partition coefficient (Wildman–Crippen LogP) is 4.00. The first-order chi connectivity index (χ1) is 8.52. The van der Waals surface area contributed by atoms with Crippen LogP contribution in [0.5, 0.6) is 0 Å². The maximum atomic E-state index is 12.7. The van der Waals surface area contributed by atoms with Gasteiger partial charge in [-0.2, -0.15) is 0 Å². The largest absolute Gasteiger partial charge is 0.333 e. The third kappa shape index (κ3) is 2.56. The van der Waals surface area contributed by atoms with E-state index in [1.807, 2.05) is 12.1 Å². The van der Waals surface area contributed by atoms with Crippen LogP contribution in [-0.4, -0.2) is 22.9 Å². The van der Waals surface area contributed by atoms with Crippen molar-refractivity contribution < 1.29 is 4.79 Å². The predicted molar refractivity (Wildman–Crippen MR) is 82.8 cm³/mol. The Kier molecular flexibility index (Phi) is 4.30. The molecule has 98 valence electrons. The molecule has 2 nitrogen and oxygen atoms in total. The van der Waals surface area contributed by atoms with Gasteiger partial charge in [0.25, 0.3) is 5.91 Å². The molecule has 0 N–H and O–H groups in total. The van der Waals surface area contributed by atoms with Gasteiger partial charge in [0, 0.05) is 15.7 Å². The van der Waals surface area contributed by atoms with Gasteiger partial charge in [0.15, 0.2) is 0 Å². The zero-order chi connectivity index (χ0) is 13.3. The Hall–Kier alpha value is -0.580. The molecule has 1 fully saturated rings. The van der Waals surface area contributed by atoms with Crippen LogP contribution in [0.15, 0.2) is 18.2 Å². The summed E-state index contributed by atoms with van der Waals surface area (Å²) in [5.74, 6) is 0.197. The number of aryl methyl sites for hydroxylation is 1. The fourth-order valence-electron chi connectivity index (χ4n) is 2.77. The Morgan fingerprint density at radius 2 is 1.89 bits per heavy atom. The normalized spacial score (nSPS) is 24.1. The van der Waals surface area contributed by atoms with Crippen molar-refractivity contribution in [2.75, 3.05) is 0 Å². The van der Waals surface area contributed by atoms with Gasteiger partial charge in [-0.05, 0) is 74.3 Å². The summed E-state index contributed by atoms with van der Waals surface area (Å²) in [7, 11) is 0. The number of halogens is 1. The van der Waals surface area contributed by atoms with Crippen molar-refractivity contribution in [1.29, 1.82) is 0 Å². The molecular formula is C15H20INO. The Bertz CT molecular complexity index is 448. The standard InChI is InChI=1S/C15H20INO/c1-10-6-4-9-13(14(10)16)15(18)17-11(2)7-5-8-12(17)3/h4,6,9,11-12H,5,7-8H2,1-3H3/t11-,12+. The number of rotatable bonds is 1. The molecule has 2 atom stereocenters. The quantitative estimate of drug-likeness (QED) is 0.696. The minimum Gasteiger partial charge on any atom is -0.333 e. The number of hydrogen-bond donors (Lipinski definition) is 0. The van der Waals surface area contributed by atoms with Crippen molar-refractivity contribution in [2.24, 2.45) is 0 Å². The number of carbonyl (C=O) groups excluding carboxylic acids is 1. The lowest BCUT2D eigenvalue weighted by molar-refractivity contribution is 0.0509. The molecule has 1 heterocycles. The van der Waals surface area contributed by atoms with Crippen LogP contribution in [0.2, 0.25) is 0 Å². The average molecular weight is 357 g/mol. The van der Waals surface area contributed by atoms with Crippen LogP contribution in [0.1, 0.15) is 49.0 Å². The molecule has 1 aliphatic heterocycles. The Labute approximate surface area is 123 Å². The van der Waals surface area contributed by atoms with Crippen molar-refractivity contribution in [3.63, 3.8) is 0 Å². The van der Waals surface area contributed by atoms with Gasteiger partial charge >= 0.3 is 0 Å². The summed E-state index contributed by atoms with van der Waals surface area (Å²) in [5, 5.41) is 0. The molecule has 1 aliphatic rings. The molecule has 1 amide bonds. The van der Waals surface area contributed by atoms with E-state index >= 15 is 0 Å². The summed E-state index contributed by atoms with van der Waals surface area (Å²) in [5.41, 5.74) is 2.04. The van der Waals surface area contributed by atoms with Gasteiger partial charge in [0.2, 0.25) is 0 Å². The van der Waals surface area contributed by atoms with Crippen molar-refractivity contribution in [2.45, 2.75) is 52.1 Å². The number of amides is 1. The topological polar surface area (TPSA) is 20.3 Å². The zero-order valence-corrected chi connectivity index (χ0v) is 13.4. The first-order valence-corrected chi connectivity index (χ1v) is 7.68. The molecule has 2 rings (SSSR count). The molecular weight excluding hydrogens is 337 g/mol. The summed E-state index contributed by atoms with van der Waals surface area (Å²) in [4.78, 5) is 14.8. The van der Waals surface area contributed by atoms with Gasteiger partial charge < -0.3 is 4.90 Å². The highest BCUT2D eigenvalue weighted by Gasteiger charge is 2.30. The molecule has 0 spiro atoms. The van der Waals surface area contributed by atoms with Crippen LogP contribution < -0.4 is 0 Å². The fraction of sp³-hybridized carbons (Fsp3) is 0.533. The van der Waals surface area contributed by atoms with Gasteiger partial charge in [-0.15, -0.1) is 0 Å². The van der Waals surface area contributed by atoms with E-state index in [9.17, 15) is 4.79 Å². The maximum Gasteiger partial charge on any atom is 0.255 e. The number of nitrogens with zero attached hydrogens (tertiary/aromatic N) is 1. The van der Waals surface area contributed by atoms with Gasteiger partial charge in [-0.25, -0.2) is 0 Å². The van der Waals surface area contributed by atoms with Crippen molar-refractivity contribution in [3.05, 3.63) is 32.9 Å². The summed E-state index contributed by atoms with van der Waals surface area (Å²) in [6.45, 7) is 6.38. The number of hydrogen-bond acceptors (Lipinski definition) is 1. The second-order valence-corrected chi connectivity index (χ2v) is 6.36. The van der Waals surface area contributed by atoms with Crippen molar-refractivity contribution in [3.8, 4) is 0 Å². The molecule has 1 saturated heterocycles. The van der Waals surface area contributed by atoms with E-state index in [0.29, 0.717) is 12.1 Å². The van der Waals surface area contributed by atoms with E-state index in [4.69, 9.17) is 0 Å².